The van der Waals surface area contributed by atoms with Crippen molar-refractivity contribution in [1.29, 1.82) is 0 Å². The van der Waals surface area contributed by atoms with E-state index in [0.717, 1.165) is 37.3 Å². The minimum atomic E-state index is 0.217. The summed E-state index contributed by atoms with van der Waals surface area (Å²) in [5, 5.41) is 0. The van der Waals surface area contributed by atoms with Gasteiger partial charge in [-0.15, -0.1) is 0 Å². The van der Waals surface area contributed by atoms with E-state index in [1.807, 2.05) is 0 Å². The molecule has 2 N–H and O–H groups in total. The van der Waals surface area contributed by atoms with Crippen LogP contribution in [-0.2, 0) is 17.6 Å². The fourth-order valence-electron chi connectivity index (χ4n) is 3.30. The van der Waals surface area contributed by atoms with Crippen LogP contribution in [0.3, 0.4) is 0 Å². The fraction of sp³-hybridized carbons (Fsp3) is 0.600. The monoisotopic (exact) mass is 291 g/mol. The van der Waals surface area contributed by atoms with E-state index in [9.17, 15) is 0 Å². The van der Waals surface area contributed by atoms with Gasteiger partial charge in [-0.25, -0.2) is 4.98 Å². The van der Waals surface area contributed by atoms with Crippen molar-refractivity contribution in [3.63, 3.8) is 0 Å². The van der Waals surface area contributed by atoms with Gasteiger partial charge in [-0.3, -0.25) is 0 Å². The lowest BCUT2D eigenvalue weighted by Gasteiger charge is -2.29. The molecule has 1 aliphatic carbocycles. The third-order valence-electron chi connectivity index (χ3n) is 4.46. The molecule has 1 saturated heterocycles. The second kappa shape index (κ2) is 5.30. The Morgan fingerprint density at radius 2 is 2.30 bits per heavy atom. The summed E-state index contributed by atoms with van der Waals surface area (Å²) in [5.74, 6) is 0.917. The summed E-state index contributed by atoms with van der Waals surface area (Å²) < 4.78 is 5.67. The highest BCUT2D eigenvalue weighted by atomic mass is 32.1. The van der Waals surface area contributed by atoms with Gasteiger partial charge in [0.2, 0.25) is 0 Å². The van der Waals surface area contributed by atoms with Gasteiger partial charge in [-0.05, 0) is 44.2 Å². The highest BCUT2D eigenvalue weighted by Crippen LogP contribution is 2.30. The number of ether oxygens (including phenoxy) is 1. The fourth-order valence-corrected chi connectivity index (χ4v) is 3.45. The Labute approximate surface area is 125 Å². The molecule has 4 nitrogen and oxygen atoms in total. The molecule has 0 amide bonds. The number of thiocarbonyl (C=S) groups is 1. The SMILES string of the molecule is CC1OCCC1N(C)c1nc2c(cc1C(N)=S)CCC2. The van der Waals surface area contributed by atoms with Gasteiger partial charge < -0.3 is 15.4 Å². The van der Waals surface area contributed by atoms with Crippen molar-refractivity contribution >= 4 is 23.0 Å². The van der Waals surface area contributed by atoms with Crippen molar-refractivity contribution in [3.8, 4) is 0 Å². The highest BCUT2D eigenvalue weighted by Gasteiger charge is 2.31. The van der Waals surface area contributed by atoms with E-state index in [1.54, 1.807) is 0 Å². The molecule has 5 heteroatoms. The van der Waals surface area contributed by atoms with Crippen LogP contribution in [0.15, 0.2) is 6.07 Å². The van der Waals surface area contributed by atoms with Crippen molar-refractivity contribution in [2.24, 2.45) is 5.73 Å². The predicted octanol–water partition coefficient (Wildman–Crippen LogP) is 1.82. The molecule has 2 unspecified atom stereocenters. The number of fused-ring (bicyclic) bond motifs is 1. The molecule has 20 heavy (non-hydrogen) atoms. The van der Waals surface area contributed by atoms with E-state index in [1.165, 1.54) is 17.7 Å². The summed E-state index contributed by atoms with van der Waals surface area (Å²) in [6.45, 7) is 2.92. The first-order chi connectivity index (χ1) is 9.58. The maximum Gasteiger partial charge on any atom is 0.139 e. The third-order valence-corrected chi connectivity index (χ3v) is 4.68. The molecule has 1 aliphatic heterocycles. The van der Waals surface area contributed by atoms with Gasteiger partial charge in [-0.1, -0.05) is 12.2 Å². The molecule has 2 heterocycles. The molecule has 0 saturated carbocycles. The molecule has 1 aromatic rings. The van der Waals surface area contributed by atoms with Crippen LogP contribution in [0.5, 0.6) is 0 Å². The molecule has 108 valence electrons. The van der Waals surface area contributed by atoms with E-state index in [4.69, 9.17) is 27.7 Å². The quantitative estimate of drug-likeness (QED) is 0.861. The Morgan fingerprint density at radius 1 is 1.50 bits per heavy atom. The van der Waals surface area contributed by atoms with Crippen molar-refractivity contribution in [1.82, 2.24) is 4.98 Å². The zero-order chi connectivity index (χ0) is 14.3. The largest absolute Gasteiger partial charge is 0.389 e. The summed E-state index contributed by atoms with van der Waals surface area (Å²) in [6.07, 6.45) is 4.56. The first-order valence-corrected chi connectivity index (χ1v) is 7.66. The van der Waals surface area contributed by atoms with Gasteiger partial charge in [0.05, 0.1) is 17.7 Å². The first kappa shape index (κ1) is 13.8. The standard InChI is InChI=1S/C15H21N3OS/c1-9-13(6-7-19-9)18(2)15-11(14(16)20)8-10-4-3-5-12(10)17-15/h8-9,13H,3-7H2,1-2H3,(H2,16,20). The van der Waals surface area contributed by atoms with Gasteiger partial charge in [0.1, 0.15) is 10.8 Å². The summed E-state index contributed by atoms with van der Waals surface area (Å²) in [6, 6.07) is 2.49. The zero-order valence-electron chi connectivity index (χ0n) is 12.1. The smallest absolute Gasteiger partial charge is 0.139 e. The number of hydrogen-bond acceptors (Lipinski definition) is 4. The van der Waals surface area contributed by atoms with Crippen molar-refractivity contribution < 1.29 is 4.74 Å². The van der Waals surface area contributed by atoms with Gasteiger partial charge in [-0.2, -0.15) is 0 Å². The minimum absolute atomic E-state index is 0.217. The van der Waals surface area contributed by atoms with Crippen LogP contribution in [0.1, 0.15) is 36.6 Å². The third kappa shape index (κ3) is 2.29. The molecule has 0 aromatic carbocycles. The van der Waals surface area contributed by atoms with E-state index < -0.39 is 0 Å². The first-order valence-electron chi connectivity index (χ1n) is 7.25. The van der Waals surface area contributed by atoms with E-state index in [0.29, 0.717) is 11.0 Å². The average Bonchev–Trinajstić information content (AvgIpc) is 3.04. The van der Waals surface area contributed by atoms with Gasteiger partial charge in [0.15, 0.2) is 0 Å². The summed E-state index contributed by atoms with van der Waals surface area (Å²) >= 11 is 5.22. The summed E-state index contributed by atoms with van der Waals surface area (Å²) in [7, 11) is 2.07. The maximum atomic E-state index is 5.91. The number of aromatic nitrogens is 1. The molecule has 1 aromatic heterocycles. The number of hydrogen-bond donors (Lipinski definition) is 1. The molecule has 3 rings (SSSR count). The van der Waals surface area contributed by atoms with Gasteiger partial charge in [0.25, 0.3) is 0 Å². The van der Waals surface area contributed by atoms with Crippen LogP contribution in [0, 0.1) is 0 Å². The molecular weight excluding hydrogens is 270 g/mol. The van der Waals surface area contributed by atoms with Crippen molar-refractivity contribution in [2.45, 2.75) is 44.8 Å². The Hall–Kier alpha value is -1.20. The number of nitrogens with zero attached hydrogens (tertiary/aromatic N) is 2. The topological polar surface area (TPSA) is 51.4 Å². The van der Waals surface area contributed by atoms with Crippen LogP contribution < -0.4 is 10.6 Å². The number of pyridine rings is 1. The zero-order valence-corrected chi connectivity index (χ0v) is 12.9. The summed E-state index contributed by atoms with van der Waals surface area (Å²) in [4.78, 5) is 7.49. The second-order valence-corrected chi connectivity index (χ2v) is 6.17. The lowest BCUT2D eigenvalue weighted by molar-refractivity contribution is 0.118. The molecule has 2 atom stereocenters. The van der Waals surface area contributed by atoms with Crippen molar-refractivity contribution in [2.75, 3.05) is 18.6 Å². The van der Waals surface area contributed by atoms with Crippen LogP contribution in [-0.4, -0.2) is 35.8 Å². The molecular formula is C15H21N3OS. The molecule has 0 radical (unpaired) electrons. The van der Waals surface area contributed by atoms with E-state index >= 15 is 0 Å². The van der Waals surface area contributed by atoms with Crippen LogP contribution in [0.2, 0.25) is 0 Å². The van der Waals surface area contributed by atoms with Crippen LogP contribution >= 0.6 is 12.2 Å². The molecule has 0 bridgehead atoms. The average molecular weight is 291 g/mol. The number of aryl methyl sites for hydroxylation is 2. The van der Waals surface area contributed by atoms with Crippen LogP contribution in [0.25, 0.3) is 0 Å². The predicted molar refractivity (Wildman–Crippen MR) is 84.4 cm³/mol. The van der Waals surface area contributed by atoms with E-state index in [2.05, 4.69) is 24.9 Å². The Balaban J connectivity index is 2.01. The van der Waals surface area contributed by atoms with Crippen molar-refractivity contribution in [3.05, 3.63) is 22.9 Å². The second-order valence-electron chi connectivity index (χ2n) is 5.73. The molecule has 1 fully saturated rings. The maximum absolute atomic E-state index is 5.91. The number of nitrogens with two attached hydrogens (primary N) is 1. The van der Waals surface area contributed by atoms with Gasteiger partial charge >= 0.3 is 0 Å². The highest BCUT2D eigenvalue weighted by molar-refractivity contribution is 7.80. The minimum Gasteiger partial charge on any atom is -0.389 e. The normalized spacial score (nSPS) is 24.7. The van der Waals surface area contributed by atoms with Gasteiger partial charge in [0, 0.05) is 19.3 Å². The Morgan fingerprint density at radius 3 is 2.95 bits per heavy atom. The Bertz CT molecular complexity index is 546. The number of anilines is 1. The molecule has 2 aliphatic rings. The number of likely N-dealkylation sites (N-methyl/N-ethyl adjacent to an activating group) is 1. The summed E-state index contributed by atoms with van der Waals surface area (Å²) in [5.41, 5.74) is 9.33. The molecule has 0 spiro atoms. The van der Waals surface area contributed by atoms with Crippen LogP contribution in [0.4, 0.5) is 5.82 Å². The lowest BCUT2D eigenvalue weighted by atomic mass is 10.1. The lowest BCUT2D eigenvalue weighted by Crippen LogP contribution is -2.38. The Kier molecular flexibility index (Phi) is 3.65. The number of rotatable bonds is 3. The van der Waals surface area contributed by atoms with E-state index in [-0.39, 0.29) is 6.10 Å².